The second-order valence-corrected chi connectivity index (χ2v) is 15.7. The summed E-state index contributed by atoms with van der Waals surface area (Å²) >= 11 is 0. The lowest BCUT2D eigenvalue weighted by Crippen LogP contribution is -2.38. The second-order valence-electron chi connectivity index (χ2n) is 7.72. The summed E-state index contributed by atoms with van der Waals surface area (Å²) in [6, 6.07) is 24.9. The van der Waals surface area contributed by atoms with E-state index in [1.165, 1.54) is 10.8 Å². The van der Waals surface area contributed by atoms with Crippen molar-refractivity contribution < 1.29 is 39.3 Å². The minimum absolute atomic E-state index is 0.0560. The molecule has 220 valence electrons. The molecule has 5 rings (SSSR count). The third-order valence-electron chi connectivity index (χ3n) is 4.69. The van der Waals surface area contributed by atoms with E-state index >= 15 is 0 Å². The van der Waals surface area contributed by atoms with Crippen LogP contribution in [0, 0.1) is 0 Å². The Morgan fingerprint density at radius 1 is 0.650 bits per heavy atom. The Hall–Kier alpha value is -3.11. The highest BCUT2D eigenvalue weighted by Gasteiger charge is 2.20. The number of fused-ring (bicyclic) bond motifs is 7. The molecular formula is C26H31N2O9S3-3. The van der Waals surface area contributed by atoms with Gasteiger partial charge in [-0.3, -0.25) is 4.21 Å². The van der Waals surface area contributed by atoms with Gasteiger partial charge in [-0.2, -0.15) is 0 Å². The molecular weight excluding hydrogens is 580 g/mol. The maximum atomic E-state index is 9.91. The van der Waals surface area contributed by atoms with Gasteiger partial charge in [-0.05, 0) is 22.9 Å². The first-order chi connectivity index (χ1) is 18.4. The van der Waals surface area contributed by atoms with E-state index in [1.54, 1.807) is 0 Å². The smallest absolute Gasteiger partial charge is 0.166 e. The van der Waals surface area contributed by atoms with Gasteiger partial charge in [0.1, 0.15) is 0 Å². The number of rotatable bonds is 1. The maximum Gasteiger partial charge on any atom is 0.166 e. The third-order valence-corrected chi connectivity index (χ3v) is 8.38. The van der Waals surface area contributed by atoms with Crippen molar-refractivity contribution in [1.29, 1.82) is 0 Å². The van der Waals surface area contributed by atoms with Crippen LogP contribution in [0.1, 0.15) is 27.7 Å². The summed E-state index contributed by atoms with van der Waals surface area (Å²) in [5.74, 6) is 0. The lowest BCUT2D eigenvalue weighted by atomic mass is 9.99. The van der Waals surface area contributed by atoms with Crippen LogP contribution in [0.25, 0.3) is 43.6 Å². The van der Waals surface area contributed by atoms with E-state index in [2.05, 4.69) is 48.5 Å². The Labute approximate surface area is 233 Å². The minimum Gasteiger partial charge on any atom is -0.759 e. The van der Waals surface area contributed by atoms with Crippen LogP contribution in [0.2, 0.25) is 0 Å². The van der Waals surface area contributed by atoms with E-state index in [4.69, 9.17) is 27.5 Å². The molecule has 40 heavy (non-hydrogen) atoms. The first kappa shape index (κ1) is 34.9. The zero-order valence-corrected chi connectivity index (χ0v) is 25.2. The van der Waals surface area contributed by atoms with Crippen LogP contribution in [0.5, 0.6) is 0 Å². The third kappa shape index (κ3) is 9.23. The predicted molar refractivity (Wildman–Crippen MR) is 158 cm³/mol. The number of aromatic nitrogens is 2. The highest BCUT2D eigenvalue weighted by atomic mass is 33.2. The molecule has 0 unspecified atom stereocenters. The molecule has 14 heteroatoms. The lowest BCUT2D eigenvalue weighted by molar-refractivity contribution is 0.382. The van der Waals surface area contributed by atoms with Gasteiger partial charge in [-0.15, -0.1) is 0 Å². The van der Waals surface area contributed by atoms with Crippen LogP contribution in [0.4, 0.5) is 0 Å². The van der Waals surface area contributed by atoms with Crippen molar-refractivity contribution in [2.45, 2.75) is 27.7 Å². The van der Waals surface area contributed by atoms with E-state index in [0.29, 0.717) is 6.26 Å². The Morgan fingerprint density at radius 2 is 0.875 bits per heavy atom. The van der Waals surface area contributed by atoms with Gasteiger partial charge in [-0.1, -0.05) is 88.4 Å². The summed E-state index contributed by atoms with van der Waals surface area (Å²) in [7, 11) is -15.7. The lowest BCUT2D eigenvalue weighted by Gasteiger charge is -2.39. The van der Waals surface area contributed by atoms with Gasteiger partial charge in [0, 0.05) is 31.9 Å². The van der Waals surface area contributed by atoms with Crippen LogP contribution >= 0.6 is 0 Å². The summed E-state index contributed by atoms with van der Waals surface area (Å²) in [5, 5.41) is 4.79. The Kier molecular flexibility index (Phi) is 11.8. The van der Waals surface area contributed by atoms with E-state index < -0.39 is 27.9 Å². The predicted octanol–water partition coefficient (Wildman–Crippen LogP) is 4.80. The van der Waals surface area contributed by atoms with Crippen LogP contribution in [-0.2, 0) is 27.9 Å². The van der Waals surface area contributed by atoms with Gasteiger partial charge in [0.15, 0.2) is 9.15 Å². The van der Waals surface area contributed by atoms with Crippen LogP contribution in [0.15, 0.2) is 72.8 Å². The highest BCUT2D eigenvalue weighted by Crippen LogP contribution is 2.33. The van der Waals surface area contributed by atoms with Crippen molar-refractivity contribution in [3.8, 4) is 0 Å². The highest BCUT2D eigenvalue weighted by molar-refractivity contribution is 8.74. The molecule has 0 aliphatic rings. The van der Waals surface area contributed by atoms with Crippen molar-refractivity contribution >= 4 is 71.5 Å². The number of hydrogen-bond donors (Lipinski definition) is 1. The summed E-state index contributed by atoms with van der Waals surface area (Å²) in [6.07, 6.45) is 0.548. The quantitative estimate of drug-likeness (QED) is 0.118. The van der Waals surface area contributed by atoms with Crippen LogP contribution in [0.3, 0.4) is 0 Å². The second kappa shape index (κ2) is 13.5. The van der Waals surface area contributed by atoms with E-state index in [1.807, 2.05) is 52.0 Å². The summed E-state index contributed by atoms with van der Waals surface area (Å²) in [4.78, 5) is 9.79. The molecule has 1 N–H and O–H groups in total. The number of benzene rings is 4. The van der Waals surface area contributed by atoms with Gasteiger partial charge >= 0.3 is 0 Å². The fourth-order valence-corrected chi connectivity index (χ4v) is 3.22. The molecule has 0 aliphatic carbocycles. The molecule has 0 amide bonds. The normalized spacial score (nSPS) is 12.3. The molecule has 4 aromatic carbocycles. The van der Waals surface area contributed by atoms with Crippen molar-refractivity contribution in [2.75, 3.05) is 12.5 Å². The molecule has 11 nitrogen and oxygen atoms in total. The van der Waals surface area contributed by atoms with Crippen LogP contribution in [-0.4, -0.2) is 61.7 Å². The average Bonchev–Trinajstić information content (AvgIpc) is 2.88. The van der Waals surface area contributed by atoms with Gasteiger partial charge in [-0.25, -0.2) is 26.8 Å². The topological polar surface area (TPSA) is 201 Å². The number of hydrogen-bond acceptors (Lipinski definition) is 10. The standard InChI is InChI=1S/C20H12N2.2C2H6.CH6O6S2.CH4O3S/c1-3-9-15-13(7-1)14-8-2-4-10-16(14)20-19(15)21-17-11-5-6-12-18(17)22-20;2*1-2;1-9(5,6,7)8(2,3)4;1-5(2,3)4/h1-12H;2*1-2H3;1H3,(H,2,3,4)(H2,5,6,7);1H3,(H,2,3,4)/p-3. The molecule has 0 saturated heterocycles. The zero-order valence-electron chi connectivity index (χ0n) is 22.8. The van der Waals surface area contributed by atoms with Crippen molar-refractivity contribution in [3.63, 3.8) is 0 Å². The molecule has 5 aromatic rings. The molecule has 0 atom stereocenters. The molecule has 0 radical (unpaired) electrons. The number of para-hydroxylation sites is 2. The molecule has 0 bridgehead atoms. The fraction of sp³-hybridized carbons (Fsp3) is 0.231. The fourth-order valence-electron chi connectivity index (χ4n) is 3.22. The molecule has 0 spiro atoms. The van der Waals surface area contributed by atoms with Crippen LogP contribution < -0.4 is 0 Å². The Balaban J connectivity index is 0.000000374. The first-order valence-corrected chi connectivity index (χ1v) is 17.9. The molecule has 0 saturated carbocycles. The van der Waals surface area contributed by atoms with Gasteiger partial charge < -0.3 is 18.2 Å². The monoisotopic (exact) mass is 611 g/mol. The largest absolute Gasteiger partial charge is 0.759 e. The summed E-state index contributed by atoms with van der Waals surface area (Å²) in [6.45, 7) is 8.00. The van der Waals surface area contributed by atoms with E-state index in [-0.39, 0.29) is 6.26 Å². The molecule has 1 heterocycles. The van der Waals surface area contributed by atoms with E-state index in [9.17, 15) is 21.7 Å². The van der Waals surface area contributed by atoms with Gasteiger partial charge in [0.2, 0.25) is 0 Å². The van der Waals surface area contributed by atoms with Gasteiger partial charge in [0.25, 0.3) is 0 Å². The van der Waals surface area contributed by atoms with Crippen molar-refractivity contribution in [1.82, 2.24) is 9.97 Å². The Morgan fingerprint density at radius 3 is 1.12 bits per heavy atom. The maximum absolute atomic E-state index is 9.91. The average molecular weight is 612 g/mol. The minimum atomic E-state index is -6.17. The number of nitrogens with zero attached hydrogens (tertiary/aromatic N) is 2. The van der Waals surface area contributed by atoms with E-state index in [0.717, 1.165) is 32.8 Å². The molecule has 0 fully saturated rings. The Bertz CT molecular complexity index is 1790. The first-order valence-electron chi connectivity index (χ1n) is 11.9. The summed E-state index contributed by atoms with van der Waals surface area (Å²) in [5.41, 5.74) is 3.84. The zero-order chi connectivity index (χ0) is 31.0. The van der Waals surface area contributed by atoms with Crippen molar-refractivity contribution in [2.24, 2.45) is 0 Å². The molecule has 1 aromatic heterocycles. The summed E-state index contributed by atoms with van der Waals surface area (Å²) < 4.78 is 83.7. The van der Waals surface area contributed by atoms with Gasteiger partial charge in [0.05, 0.1) is 32.2 Å². The molecule has 0 aliphatic heterocycles. The van der Waals surface area contributed by atoms with Crippen molar-refractivity contribution in [3.05, 3.63) is 72.8 Å². The SMILES string of the molecule is CC.CC.CS(=O)(=O)[O-].CS(=O)([O-])(O)S(=O)(=O)[O-].c1ccc2nc3c4ccccc4c4ccccc4c3nc2c1.